The van der Waals surface area contributed by atoms with Gasteiger partial charge in [0.05, 0.1) is 12.0 Å². The van der Waals surface area contributed by atoms with Crippen molar-refractivity contribution in [3.8, 4) is 0 Å². The van der Waals surface area contributed by atoms with Crippen LogP contribution in [0.25, 0.3) is 0 Å². The summed E-state index contributed by atoms with van der Waals surface area (Å²) < 4.78 is 89.4. The fraction of sp³-hybridized carbons (Fsp3) is 0.833. The molecular weight excluding hydrogens is 590 g/mol. The van der Waals surface area contributed by atoms with Crippen molar-refractivity contribution in [3.05, 3.63) is 23.2 Å². The average Bonchev–Trinajstić information content (AvgIpc) is 2.83. The number of rotatable bonds is 7. The van der Waals surface area contributed by atoms with Crippen molar-refractivity contribution >= 4 is 29.2 Å². The Hall–Kier alpha value is -1.22. The number of alkyl halides is 7. The molecule has 4 bridgehead atoms. The van der Waals surface area contributed by atoms with Gasteiger partial charge in [-0.25, -0.2) is 4.79 Å². The highest BCUT2D eigenvalue weighted by atomic mass is 35.5. The van der Waals surface area contributed by atoms with Crippen LogP contribution in [0.3, 0.4) is 0 Å². The number of carbonyl (C=O) groups excluding carboxylic acids is 1. The van der Waals surface area contributed by atoms with E-state index in [0.717, 1.165) is 25.7 Å². The molecule has 5 saturated carbocycles. The number of allylic oxidation sites excluding steroid dienone is 2. The Balaban J connectivity index is 1.47. The van der Waals surface area contributed by atoms with Crippen molar-refractivity contribution in [1.82, 2.24) is 0 Å². The van der Waals surface area contributed by atoms with E-state index in [1.165, 1.54) is 27.2 Å². The van der Waals surface area contributed by atoms with Crippen molar-refractivity contribution in [2.24, 2.45) is 35.0 Å². The highest BCUT2D eigenvalue weighted by molar-refractivity contribution is 6.52. The van der Waals surface area contributed by atoms with Crippen molar-refractivity contribution in [2.45, 2.75) is 107 Å². The second-order valence-electron chi connectivity index (χ2n) is 13.9. The van der Waals surface area contributed by atoms with Crippen LogP contribution in [-0.4, -0.2) is 41.2 Å². The van der Waals surface area contributed by atoms with E-state index in [1.807, 2.05) is 0 Å². The SMILES string of the molecule is CC(C)(C)OC(=O)C1=CC(Cl)(Cl)C(OCC2(C(F)(F)F)CCCCC2)=C(OCC2C3CC4CC(C3)CC2C4)C1(F)F. The van der Waals surface area contributed by atoms with Crippen molar-refractivity contribution in [2.75, 3.05) is 13.2 Å². The van der Waals surface area contributed by atoms with Crippen molar-refractivity contribution in [1.29, 1.82) is 0 Å². The highest BCUT2D eigenvalue weighted by Crippen LogP contribution is 2.58. The Kier molecular flexibility index (Phi) is 8.18. The van der Waals surface area contributed by atoms with E-state index >= 15 is 8.78 Å². The van der Waals surface area contributed by atoms with Gasteiger partial charge in [-0.3, -0.25) is 0 Å². The van der Waals surface area contributed by atoms with Crippen LogP contribution < -0.4 is 0 Å². The Morgan fingerprint density at radius 1 is 0.902 bits per heavy atom. The smallest absolute Gasteiger partial charge is 0.397 e. The molecule has 6 aliphatic rings. The van der Waals surface area contributed by atoms with Crippen molar-refractivity contribution in [3.63, 3.8) is 0 Å². The van der Waals surface area contributed by atoms with Crippen LogP contribution in [0.4, 0.5) is 22.0 Å². The lowest BCUT2D eigenvalue weighted by molar-refractivity contribution is -0.248. The summed E-state index contributed by atoms with van der Waals surface area (Å²) >= 11 is 13.0. The third kappa shape index (κ3) is 6.09. The Bertz CT molecular complexity index is 1060. The summed E-state index contributed by atoms with van der Waals surface area (Å²) in [5.41, 5.74) is -4.45. The molecule has 0 saturated heterocycles. The van der Waals surface area contributed by atoms with Crippen LogP contribution in [0.2, 0.25) is 0 Å². The molecular formula is C30H39Cl2F5O4. The van der Waals surface area contributed by atoms with Crippen LogP contribution >= 0.6 is 23.2 Å². The van der Waals surface area contributed by atoms with Crippen LogP contribution in [-0.2, 0) is 19.0 Å². The Morgan fingerprint density at radius 3 is 1.98 bits per heavy atom. The van der Waals surface area contributed by atoms with Crippen LogP contribution in [0.1, 0.15) is 85.0 Å². The van der Waals surface area contributed by atoms with Gasteiger partial charge in [0.15, 0.2) is 10.1 Å². The largest absolute Gasteiger partial charge is 0.490 e. The molecule has 0 N–H and O–H groups in total. The molecule has 11 heteroatoms. The number of halogens is 7. The van der Waals surface area contributed by atoms with Gasteiger partial charge in [0.25, 0.3) is 0 Å². The molecule has 6 aliphatic carbocycles. The summed E-state index contributed by atoms with van der Waals surface area (Å²) in [4.78, 5) is 12.9. The predicted molar refractivity (Wildman–Crippen MR) is 144 cm³/mol. The zero-order chi connectivity index (χ0) is 30.0. The molecule has 41 heavy (non-hydrogen) atoms. The summed E-state index contributed by atoms with van der Waals surface area (Å²) in [6, 6.07) is 0. The quantitative estimate of drug-likeness (QED) is 0.160. The van der Waals surface area contributed by atoms with Gasteiger partial charge >= 0.3 is 18.1 Å². The standard InChI is InChI=1S/C30H39Cl2F5O4/c1-26(2,3)41-25(38)22-14-28(31,32)23(40-16-27(30(35,36)37)7-5-4-6-8-27)24(29(22,33)34)39-15-21-19-10-17-9-18(12-19)13-20(21)11-17/h14,17-21H,4-13,15-16H2,1-3H3. The van der Waals surface area contributed by atoms with E-state index in [2.05, 4.69) is 0 Å². The minimum absolute atomic E-state index is 0.0168. The monoisotopic (exact) mass is 628 g/mol. The Labute approximate surface area is 248 Å². The van der Waals surface area contributed by atoms with E-state index < -0.39 is 57.1 Å². The number of esters is 1. The first kappa shape index (κ1) is 31.2. The van der Waals surface area contributed by atoms with E-state index in [-0.39, 0.29) is 25.4 Å². The van der Waals surface area contributed by atoms with Crippen LogP contribution in [0.5, 0.6) is 0 Å². The first-order valence-corrected chi connectivity index (χ1v) is 15.5. The van der Waals surface area contributed by atoms with E-state index in [4.69, 9.17) is 37.4 Å². The van der Waals surface area contributed by atoms with Gasteiger partial charge in [-0.15, -0.1) is 0 Å². The van der Waals surface area contributed by atoms with Gasteiger partial charge in [-0.2, -0.15) is 22.0 Å². The topological polar surface area (TPSA) is 44.8 Å². The first-order chi connectivity index (χ1) is 18.9. The zero-order valence-corrected chi connectivity index (χ0v) is 25.2. The molecule has 0 amide bonds. The minimum atomic E-state index is -4.62. The minimum Gasteiger partial charge on any atom is -0.490 e. The van der Waals surface area contributed by atoms with E-state index in [9.17, 15) is 18.0 Å². The van der Waals surface area contributed by atoms with Gasteiger partial charge in [0.1, 0.15) is 17.8 Å². The maximum absolute atomic E-state index is 16.2. The third-order valence-electron chi connectivity index (χ3n) is 9.82. The molecule has 0 unspecified atom stereocenters. The van der Waals surface area contributed by atoms with Crippen LogP contribution in [0, 0.1) is 35.0 Å². The number of ether oxygens (including phenoxy) is 3. The fourth-order valence-electron chi connectivity index (χ4n) is 8.03. The summed E-state index contributed by atoms with van der Waals surface area (Å²) in [7, 11) is 0. The lowest BCUT2D eigenvalue weighted by atomic mass is 9.52. The molecule has 0 heterocycles. The summed E-state index contributed by atoms with van der Waals surface area (Å²) in [6.07, 6.45) is 2.22. The second-order valence-corrected chi connectivity index (χ2v) is 15.3. The second kappa shape index (κ2) is 10.7. The normalized spacial score (nSPS) is 33.8. The molecule has 0 aromatic rings. The summed E-state index contributed by atoms with van der Waals surface area (Å²) in [5, 5.41) is 0. The van der Waals surface area contributed by atoms with Gasteiger partial charge in [-0.05, 0) is 101 Å². The van der Waals surface area contributed by atoms with Gasteiger partial charge in [0, 0.05) is 0 Å². The van der Waals surface area contributed by atoms with Gasteiger partial charge in [0.2, 0.25) is 5.76 Å². The zero-order valence-electron chi connectivity index (χ0n) is 23.7. The Morgan fingerprint density at radius 2 is 1.46 bits per heavy atom. The molecule has 0 aliphatic heterocycles. The summed E-state index contributed by atoms with van der Waals surface area (Å²) in [6.45, 7) is 3.56. The fourth-order valence-corrected chi connectivity index (χ4v) is 8.53. The predicted octanol–water partition coefficient (Wildman–Crippen LogP) is 8.91. The highest BCUT2D eigenvalue weighted by Gasteiger charge is 2.59. The maximum Gasteiger partial charge on any atom is 0.397 e. The summed E-state index contributed by atoms with van der Waals surface area (Å²) in [5.74, 6) is -5.35. The molecule has 4 nitrogen and oxygen atoms in total. The average molecular weight is 630 g/mol. The molecule has 0 aromatic carbocycles. The van der Waals surface area contributed by atoms with E-state index in [0.29, 0.717) is 49.0 Å². The molecule has 0 atom stereocenters. The molecule has 232 valence electrons. The number of hydrogen-bond acceptors (Lipinski definition) is 4. The van der Waals surface area contributed by atoms with E-state index in [1.54, 1.807) is 0 Å². The molecule has 0 spiro atoms. The molecule has 0 aromatic heterocycles. The van der Waals surface area contributed by atoms with Crippen LogP contribution in [0.15, 0.2) is 23.2 Å². The first-order valence-electron chi connectivity index (χ1n) is 14.7. The lowest BCUT2D eigenvalue weighted by Crippen LogP contribution is -2.48. The lowest BCUT2D eigenvalue weighted by Gasteiger charge is -2.54. The number of carbonyl (C=O) groups is 1. The maximum atomic E-state index is 16.2. The van der Waals surface area contributed by atoms with Crippen molar-refractivity contribution < 1.29 is 41.0 Å². The van der Waals surface area contributed by atoms with Gasteiger partial charge < -0.3 is 14.2 Å². The molecule has 5 fully saturated rings. The molecule has 6 rings (SSSR count). The number of hydrogen-bond donors (Lipinski definition) is 0. The molecule has 0 radical (unpaired) electrons. The third-order valence-corrected chi connectivity index (χ3v) is 10.4. The van der Waals surface area contributed by atoms with Gasteiger partial charge in [-0.1, -0.05) is 42.5 Å².